The van der Waals surface area contributed by atoms with Crippen molar-refractivity contribution in [3.8, 4) is 0 Å². The second kappa shape index (κ2) is 25.3. The summed E-state index contributed by atoms with van der Waals surface area (Å²) in [4.78, 5) is 127. The zero-order chi connectivity index (χ0) is 48.4. The first-order chi connectivity index (χ1) is 29.8. The maximum absolute atomic E-state index is 13.8. The van der Waals surface area contributed by atoms with Crippen molar-refractivity contribution in [3.05, 3.63) is 29.8 Å². The summed E-state index contributed by atoms with van der Waals surface area (Å²) in [6.07, 6.45) is 0.230. The molecule has 1 heterocycles. The van der Waals surface area contributed by atoms with Gasteiger partial charge in [0, 0.05) is 43.5 Å². The van der Waals surface area contributed by atoms with Crippen molar-refractivity contribution in [2.75, 3.05) is 25.0 Å². The zero-order valence-corrected chi connectivity index (χ0v) is 38.4. The molecule has 0 aliphatic carbocycles. The van der Waals surface area contributed by atoms with Gasteiger partial charge in [0.25, 0.3) is 0 Å². The molecule has 20 nitrogen and oxygen atoms in total. The molecule has 356 valence electrons. The number of carboxylic acids is 1. The number of amides is 9. The minimum Gasteiger partial charge on any atom is -0.481 e. The third-order valence-corrected chi connectivity index (χ3v) is 10.5. The van der Waals surface area contributed by atoms with E-state index in [2.05, 4.69) is 31.9 Å². The number of likely N-dealkylation sites (tertiary alicyclic amines) is 1. The molecule has 0 aromatic heterocycles. The molecule has 1 aromatic rings. The van der Waals surface area contributed by atoms with Gasteiger partial charge in [-0.25, -0.2) is 9.59 Å². The summed E-state index contributed by atoms with van der Waals surface area (Å²) in [6.45, 7) is 14.3. The Morgan fingerprint density at radius 2 is 1.44 bits per heavy atom. The van der Waals surface area contributed by atoms with Crippen molar-refractivity contribution in [2.24, 2.45) is 28.4 Å². The number of carbonyl (C=O) groups excluding carboxylic acids is 9. The molecule has 0 radical (unpaired) electrons. The Kier molecular flexibility index (Phi) is 21.3. The molecule has 1 unspecified atom stereocenters. The highest BCUT2D eigenvalue weighted by Gasteiger charge is 2.44. The van der Waals surface area contributed by atoms with E-state index in [4.69, 9.17) is 10.5 Å². The van der Waals surface area contributed by atoms with Crippen molar-refractivity contribution in [2.45, 2.75) is 138 Å². The van der Waals surface area contributed by atoms with Crippen LogP contribution in [0.25, 0.3) is 0 Å². The SMILES string of the molecule is CC(C)[C@H](NC(=O)[C@H](CCC(=O)O)NC(=O)CCCCCN1C(=O)CC(C(C)(C)C)C1=O)C(=O)N[C@@H](CCCNC(N)=O)C(=O)Nc1ccc(COC(=O)NCC(=O)C(C)(C)C)cc1. The molecule has 1 aliphatic heterocycles. The highest BCUT2D eigenvalue weighted by Crippen LogP contribution is 2.35. The van der Waals surface area contributed by atoms with Crippen LogP contribution in [0.3, 0.4) is 0 Å². The molecule has 0 spiro atoms. The Morgan fingerprint density at radius 3 is 2.00 bits per heavy atom. The van der Waals surface area contributed by atoms with E-state index in [1.54, 1.807) is 58.9 Å². The average Bonchev–Trinajstić information content (AvgIpc) is 3.49. The quantitative estimate of drug-likeness (QED) is 0.0519. The number of nitrogens with zero attached hydrogens (tertiary/aromatic N) is 1. The molecule has 4 atom stereocenters. The number of hydrogen-bond donors (Lipinski definition) is 8. The van der Waals surface area contributed by atoms with Crippen molar-refractivity contribution in [1.82, 2.24) is 31.5 Å². The van der Waals surface area contributed by atoms with Crippen molar-refractivity contribution >= 4 is 65.0 Å². The molecule has 2 rings (SSSR count). The molecular formula is C44H68N8O12. The largest absolute Gasteiger partial charge is 0.481 e. The number of carbonyl (C=O) groups is 10. The fraction of sp³-hybridized carbons (Fsp3) is 0.636. The summed E-state index contributed by atoms with van der Waals surface area (Å²) >= 11 is 0. The van der Waals surface area contributed by atoms with E-state index < -0.39 is 77.6 Å². The van der Waals surface area contributed by atoms with Gasteiger partial charge in [-0.3, -0.25) is 43.3 Å². The number of anilines is 1. The topological polar surface area (TPSA) is 302 Å². The Hall–Kier alpha value is -6.08. The van der Waals surface area contributed by atoms with Gasteiger partial charge in [-0.15, -0.1) is 0 Å². The van der Waals surface area contributed by atoms with Crippen molar-refractivity contribution in [1.29, 1.82) is 0 Å². The fourth-order valence-corrected chi connectivity index (χ4v) is 6.50. The number of nitrogens with one attached hydrogen (secondary N) is 6. The molecular weight excluding hydrogens is 833 g/mol. The Balaban J connectivity index is 2.05. The highest BCUT2D eigenvalue weighted by molar-refractivity contribution is 6.04. The van der Waals surface area contributed by atoms with Crippen LogP contribution in [-0.2, 0) is 49.7 Å². The van der Waals surface area contributed by atoms with Crippen LogP contribution in [-0.4, -0.2) is 107 Å². The maximum atomic E-state index is 13.8. The van der Waals surface area contributed by atoms with Gasteiger partial charge in [-0.05, 0) is 61.1 Å². The van der Waals surface area contributed by atoms with Gasteiger partial charge in [-0.1, -0.05) is 73.9 Å². The predicted molar refractivity (Wildman–Crippen MR) is 235 cm³/mol. The van der Waals surface area contributed by atoms with Crippen LogP contribution in [0, 0.1) is 22.7 Å². The first-order valence-electron chi connectivity index (χ1n) is 21.6. The standard InChI is InChI=1S/C44H68N8O12/c1-26(2)36(51-38(59)31(19-20-35(56)57)49-33(54)14-10-9-11-22-52-34(55)23-29(40(52)61)43(3,4)5)39(60)50-30(13-12-21-46-41(45)62)37(58)48-28-17-15-27(16-18-28)25-64-42(63)47-24-32(53)44(6,7)8/h15-18,26,29-31,36H,9-14,19-25H2,1-8H3,(H,47,63)(H,48,58)(H,49,54)(H,50,60)(H,51,59)(H,56,57)(H3,45,46,62)/t29?,30-,31-,36-/m0/s1. The normalized spacial score (nSPS) is 15.4. The number of urea groups is 1. The van der Waals surface area contributed by atoms with Gasteiger partial charge < -0.3 is 47.5 Å². The smallest absolute Gasteiger partial charge is 0.407 e. The molecule has 0 bridgehead atoms. The maximum Gasteiger partial charge on any atom is 0.407 e. The monoisotopic (exact) mass is 900 g/mol. The number of benzene rings is 1. The summed E-state index contributed by atoms with van der Waals surface area (Å²) < 4.78 is 5.17. The lowest BCUT2D eigenvalue weighted by Crippen LogP contribution is -2.57. The highest BCUT2D eigenvalue weighted by atomic mass is 16.5. The minimum atomic E-state index is -1.31. The lowest BCUT2D eigenvalue weighted by atomic mass is 9.80. The van der Waals surface area contributed by atoms with Crippen molar-refractivity contribution < 1.29 is 57.8 Å². The second-order valence-electron chi connectivity index (χ2n) is 18.4. The van der Waals surface area contributed by atoms with Crippen LogP contribution >= 0.6 is 0 Å². The third kappa shape index (κ3) is 19.1. The van der Waals surface area contributed by atoms with Gasteiger partial charge in [0.1, 0.15) is 24.7 Å². The summed E-state index contributed by atoms with van der Waals surface area (Å²) in [5.41, 5.74) is 5.11. The lowest BCUT2D eigenvalue weighted by molar-refractivity contribution is -0.141. The molecule has 1 aliphatic rings. The summed E-state index contributed by atoms with van der Waals surface area (Å²) in [5.74, 6) is -5.43. The Bertz CT molecular complexity index is 1840. The van der Waals surface area contributed by atoms with Crippen LogP contribution in [0.1, 0.15) is 119 Å². The average molecular weight is 901 g/mol. The van der Waals surface area contributed by atoms with Gasteiger partial charge in [-0.2, -0.15) is 0 Å². The molecule has 0 saturated carbocycles. The number of ether oxygens (including phenoxy) is 1. The van der Waals surface area contributed by atoms with E-state index in [0.29, 0.717) is 30.5 Å². The molecule has 64 heavy (non-hydrogen) atoms. The first kappa shape index (κ1) is 54.1. The number of primary amides is 1. The van der Waals surface area contributed by atoms with Crippen LogP contribution in [0.4, 0.5) is 15.3 Å². The number of carboxylic acid groups (broad SMARTS) is 1. The molecule has 9 amide bonds. The lowest BCUT2D eigenvalue weighted by Gasteiger charge is -2.27. The number of unbranched alkanes of at least 4 members (excludes halogenated alkanes) is 2. The predicted octanol–water partition coefficient (Wildman–Crippen LogP) is 2.87. The molecule has 1 saturated heterocycles. The van der Waals surface area contributed by atoms with E-state index >= 15 is 0 Å². The van der Waals surface area contributed by atoms with Crippen molar-refractivity contribution in [3.63, 3.8) is 0 Å². The number of ketones is 1. The van der Waals surface area contributed by atoms with Gasteiger partial charge in [0.05, 0.1) is 12.5 Å². The number of rotatable bonds is 25. The molecule has 20 heteroatoms. The van der Waals surface area contributed by atoms with E-state index in [1.807, 2.05) is 20.8 Å². The van der Waals surface area contributed by atoms with Crippen LogP contribution in [0.2, 0.25) is 0 Å². The molecule has 1 fully saturated rings. The minimum absolute atomic E-state index is 0.0203. The van der Waals surface area contributed by atoms with E-state index in [1.165, 1.54) is 4.90 Å². The number of alkyl carbamates (subject to hydrolysis) is 1. The fourth-order valence-electron chi connectivity index (χ4n) is 6.50. The zero-order valence-electron chi connectivity index (χ0n) is 38.4. The van der Waals surface area contributed by atoms with Crippen LogP contribution in [0.5, 0.6) is 0 Å². The number of Topliss-reactive ketones (excluding diaryl/α,β-unsaturated/α-hetero) is 1. The van der Waals surface area contributed by atoms with Crippen LogP contribution < -0.4 is 37.6 Å². The number of aliphatic carboxylic acids is 1. The van der Waals surface area contributed by atoms with Crippen LogP contribution in [0.15, 0.2) is 24.3 Å². The number of hydrogen-bond acceptors (Lipinski definition) is 11. The summed E-state index contributed by atoms with van der Waals surface area (Å²) in [7, 11) is 0. The third-order valence-electron chi connectivity index (χ3n) is 10.5. The van der Waals surface area contributed by atoms with E-state index in [-0.39, 0.29) is 87.3 Å². The molecule has 9 N–H and O–H groups in total. The Morgan fingerprint density at radius 1 is 0.797 bits per heavy atom. The van der Waals surface area contributed by atoms with Gasteiger partial charge >= 0.3 is 18.1 Å². The number of nitrogens with two attached hydrogens (primary N) is 1. The van der Waals surface area contributed by atoms with E-state index in [0.717, 1.165) is 0 Å². The summed E-state index contributed by atoms with van der Waals surface area (Å²) in [6, 6.07) is 1.80. The first-order valence-corrected chi connectivity index (χ1v) is 21.6. The Labute approximate surface area is 374 Å². The second-order valence-corrected chi connectivity index (χ2v) is 18.4. The van der Waals surface area contributed by atoms with Gasteiger partial charge in [0.2, 0.25) is 35.4 Å². The van der Waals surface area contributed by atoms with E-state index in [9.17, 15) is 53.1 Å². The summed E-state index contributed by atoms with van der Waals surface area (Å²) in [5, 5.41) is 24.7. The molecule has 1 aromatic carbocycles. The number of imide groups is 1. The van der Waals surface area contributed by atoms with Gasteiger partial charge in [0.15, 0.2) is 5.78 Å².